The molecular weight excluding hydrogens is 590 g/mol. The van der Waals surface area contributed by atoms with Crippen LogP contribution in [0.3, 0.4) is 0 Å². The van der Waals surface area contributed by atoms with Crippen LogP contribution in [0.2, 0.25) is 0 Å². The largest absolute Gasteiger partial charge is 0.481 e. The monoisotopic (exact) mass is 631 g/mol. The number of carbonyl (C=O) groups is 4. The molecule has 0 aromatic heterocycles. The first-order valence-corrected chi connectivity index (χ1v) is 16.8. The maximum Gasteiger partial charge on any atom is 0.310 e. The zero-order valence-electron chi connectivity index (χ0n) is 24.0. The maximum absolute atomic E-state index is 13.4. The summed E-state index contributed by atoms with van der Waals surface area (Å²) in [5.41, 5.74) is 0. The Morgan fingerprint density at radius 2 is 1.05 bits per heavy atom. The number of hydrogen-bond acceptors (Lipinski definition) is 11. The van der Waals surface area contributed by atoms with E-state index in [0.29, 0.717) is 44.9 Å². The highest BCUT2D eigenvalue weighted by molar-refractivity contribution is 7.92. The number of carboxylic acids is 2. The summed E-state index contributed by atoms with van der Waals surface area (Å²) < 4.78 is 38.0. The van der Waals surface area contributed by atoms with Gasteiger partial charge in [-0.15, -0.1) is 0 Å². The van der Waals surface area contributed by atoms with E-state index in [9.17, 15) is 53.0 Å². The summed E-state index contributed by atoms with van der Waals surface area (Å²) in [6, 6.07) is -1.01. The standard InChI is InChI=1S/C28H41NO13S/c30-16-2-12-22(24(14-16)26(33)34)28(36)42-18-5-9-20(10-6-18)43(39,40)19-7-3-17(4-8-19)41-27(35)21-11-1-15(29(37)38)13-23(21)25(31)32/h15-24,30H,1-14H2,(H,31,32)(H,33,34). The van der Waals surface area contributed by atoms with Gasteiger partial charge in [-0.1, -0.05) is 0 Å². The Kier molecular flexibility index (Phi) is 10.7. The summed E-state index contributed by atoms with van der Waals surface area (Å²) in [6.07, 6.45) is 1.15. The van der Waals surface area contributed by atoms with Gasteiger partial charge >= 0.3 is 23.9 Å². The molecule has 0 spiro atoms. The van der Waals surface area contributed by atoms with Crippen LogP contribution in [0.1, 0.15) is 89.9 Å². The van der Waals surface area contributed by atoms with Crippen LogP contribution >= 0.6 is 0 Å². The normalized spacial score (nSPS) is 37.0. The summed E-state index contributed by atoms with van der Waals surface area (Å²) in [6.45, 7) is 0. The molecule has 0 heterocycles. The van der Waals surface area contributed by atoms with Crippen LogP contribution in [0.5, 0.6) is 0 Å². The Morgan fingerprint density at radius 3 is 1.47 bits per heavy atom. The van der Waals surface area contributed by atoms with Crippen LogP contribution in [0, 0.1) is 33.8 Å². The van der Waals surface area contributed by atoms with E-state index < -0.39 is 97.2 Å². The van der Waals surface area contributed by atoms with Crippen molar-refractivity contribution in [1.29, 1.82) is 0 Å². The van der Waals surface area contributed by atoms with Gasteiger partial charge in [0.05, 0.1) is 40.3 Å². The molecule has 14 nitrogen and oxygen atoms in total. The number of aliphatic hydroxyl groups excluding tert-OH is 1. The molecule has 0 amide bonds. The van der Waals surface area contributed by atoms with E-state index in [2.05, 4.69) is 0 Å². The first kappa shape index (κ1) is 33.1. The van der Waals surface area contributed by atoms with Gasteiger partial charge in [0.15, 0.2) is 9.84 Å². The number of rotatable bonds is 9. The van der Waals surface area contributed by atoms with E-state index in [-0.39, 0.29) is 44.9 Å². The number of aliphatic hydroxyl groups is 1. The lowest BCUT2D eigenvalue weighted by atomic mass is 9.77. The van der Waals surface area contributed by atoms with Gasteiger partial charge in [-0.25, -0.2) is 8.42 Å². The minimum atomic E-state index is -3.52. The van der Waals surface area contributed by atoms with Crippen molar-refractivity contribution in [2.45, 2.75) is 125 Å². The number of carbonyl (C=O) groups excluding carboxylic acids is 2. The molecule has 0 aromatic rings. The van der Waals surface area contributed by atoms with Gasteiger partial charge in [-0.3, -0.25) is 29.3 Å². The van der Waals surface area contributed by atoms with Crippen LogP contribution in [0.15, 0.2) is 0 Å². The lowest BCUT2D eigenvalue weighted by molar-refractivity contribution is -0.528. The molecule has 4 rings (SSSR count). The number of nitrogens with zero attached hydrogens (tertiary/aromatic N) is 1. The van der Waals surface area contributed by atoms with Gasteiger partial charge in [0, 0.05) is 17.8 Å². The van der Waals surface area contributed by atoms with Gasteiger partial charge < -0.3 is 24.8 Å². The first-order chi connectivity index (χ1) is 20.3. The molecule has 0 aromatic carbocycles. The van der Waals surface area contributed by atoms with Crippen molar-refractivity contribution in [3.63, 3.8) is 0 Å². The minimum absolute atomic E-state index is 0.00463. The summed E-state index contributed by atoms with van der Waals surface area (Å²) >= 11 is 0. The second kappa shape index (κ2) is 13.9. The fourth-order valence-electron chi connectivity index (χ4n) is 7.33. The van der Waals surface area contributed by atoms with Crippen molar-refractivity contribution in [2.24, 2.45) is 23.7 Å². The quantitative estimate of drug-likeness (QED) is 0.189. The van der Waals surface area contributed by atoms with Crippen LogP contribution in [0.25, 0.3) is 0 Å². The third-order valence-electron chi connectivity index (χ3n) is 9.92. The van der Waals surface area contributed by atoms with Crippen molar-refractivity contribution >= 4 is 33.7 Å². The molecule has 6 atom stereocenters. The van der Waals surface area contributed by atoms with Crippen molar-refractivity contribution in [1.82, 2.24) is 0 Å². The fraction of sp³-hybridized carbons (Fsp3) is 0.857. The lowest BCUT2D eigenvalue weighted by Gasteiger charge is -2.35. The molecule has 4 fully saturated rings. The average molecular weight is 632 g/mol. The number of sulfone groups is 1. The van der Waals surface area contributed by atoms with Gasteiger partial charge in [-0.05, 0) is 77.0 Å². The van der Waals surface area contributed by atoms with E-state index in [1.807, 2.05) is 0 Å². The number of nitro groups is 1. The fourth-order valence-corrected chi connectivity index (χ4v) is 9.73. The van der Waals surface area contributed by atoms with Gasteiger partial charge in [0.1, 0.15) is 12.2 Å². The Bertz CT molecular complexity index is 1170. The van der Waals surface area contributed by atoms with Crippen molar-refractivity contribution in [3.05, 3.63) is 10.1 Å². The molecule has 0 aliphatic heterocycles. The Morgan fingerprint density at radius 1 is 0.628 bits per heavy atom. The number of hydrogen-bond donors (Lipinski definition) is 3. The molecule has 4 aliphatic carbocycles. The highest BCUT2D eigenvalue weighted by Gasteiger charge is 2.46. The predicted molar refractivity (Wildman–Crippen MR) is 147 cm³/mol. The summed E-state index contributed by atoms with van der Waals surface area (Å²) in [5.74, 6) is -7.75. The number of ether oxygens (including phenoxy) is 2. The number of esters is 2. The Labute approximate surface area is 249 Å². The highest BCUT2D eigenvalue weighted by atomic mass is 32.2. The maximum atomic E-state index is 13.4. The van der Waals surface area contributed by atoms with Crippen molar-refractivity contribution < 1.29 is 57.3 Å². The third kappa shape index (κ3) is 7.83. The third-order valence-corrected chi connectivity index (χ3v) is 12.7. The van der Waals surface area contributed by atoms with Crippen molar-refractivity contribution in [2.75, 3.05) is 0 Å². The molecule has 43 heavy (non-hydrogen) atoms. The predicted octanol–water partition coefficient (Wildman–Crippen LogP) is 2.12. The molecule has 0 bridgehead atoms. The topological polar surface area (TPSA) is 225 Å². The summed E-state index contributed by atoms with van der Waals surface area (Å²) in [5, 5.41) is 38.6. The smallest absolute Gasteiger partial charge is 0.310 e. The van der Waals surface area contributed by atoms with Crippen LogP contribution in [-0.2, 0) is 38.5 Å². The van der Waals surface area contributed by atoms with Crippen molar-refractivity contribution in [3.8, 4) is 0 Å². The molecule has 242 valence electrons. The zero-order valence-corrected chi connectivity index (χ0v) is 24.8. The molecule has 4 aliphatic rings. The second-order valence-corrected chi connectivity index (χ2v) is 15.1. The van der Waals surface area contributed by atoms with E-state index >= 15 is 0 Å². The molecule has 15 heteroatoms. The van der Waals surface area contributed by atoms with Gasteiger partial charge in [0.2, 0.25) is 6.04 Å². The number of carboxylic acid groups (broad SMARTS) is 2. The van der Waals surface area contributed by atoms with Gasteiger partial charge in [-0.2, -0.15) is 0 Å². The minimum Gasteiger partial charge on any atom is -0.481 e. The zero-order chi connectivity index (χ0) is 31.5. The summed E-state index contributed by atoms with van der Waals surface area (Å²) in [7, 11) is -3.52. The van der Waals surface area contributed by atoms with E-state index in [0.717, 1.165) is 0 Å². The Hall–Kier alpha value is -2.81. The van der Waals surface area contributed by atoms with E-state index in [4.69, 9.17) is 9.47 Å². The first-order valence-electron chi connectivity index (χ1n) is 15.2. The second-order valence-electron chi connectivity index (χ2n) is 12.6. The molecule has 0 radical (unpaired) electrons. The van der Waals surface area contributed by atoms with Crippen LogP contribution in [0.4, 0.5) is 0 Å². The Balaban J connectivity index is 1.23. The van der Waals surface area contributed by atoms with E-state index in [1.54, 1.807) is 0 Å². The van der Waals surface area contributed by atoms with Crippen LogP contribution in [-0.4, -0.2) is 87.4 Å². The average Bonchev–Trinajstić information content (AvgIpc) is 2.97. The van der Waals surface area contributed by atoms with Gasteiger partial charge in [0.25, 0.3) is 0 Å². The highest BCUT2D eigenvalue weighted by Crippen LogP contribution is 2.38. The molecule has 3 N–H and O–H groups in total. The van der Waals surface area contributed by atoms with E-state index in [1.165, 1.54) is 0 Å². The molecule has 4 saturated carbocycles. The summed E-state index contributed by atoms with van der Waals surface area (Å²) in [4.78, 5) is 59.4. The number of aliphatic carboxylic acids is 2. The molecule has 6 unspecified atom stereocenters. The van der Waals surface area contributed by atoms with Crippen LogP contribution < -0.4 is 0 Å². The lowest BCUT2D eigenvalue weighted by Crippen LogP contribution is -2.43. The molecule has 0 saturated heterocycles. The molecular formula is C28H41NO13S. The SMILES string of the molecule is O=C(O)C1CC(O)CCC1C(=O)OC1CCC(S(=O)(=O)C2CCC(OC(=O)C3CCC([N+](=O)[O-])CC3C(=O)O)CC2)CC1.